The summed E-state index contributed by atoms with van der Waals surface area (Å²) in [6.07, 6.45) is 6.39. The summed E-state index contributed by atoms with van der Waals surface area (Å²) in [7, 11) is 0. The molecule has 0 saturated heterocycles. The third kappa shape index (κ3) is 4.25. The zero-order chi connectivity index (χ0) is 16.1. The van der Waals surface area contributed by atoms with Gasteiger partial charge in [0.25, 0.3) is 5.91 Å². The van der Waals surface area contributed by atoms with E-state index < -0.39 is 0 Å². The molecule has 0 saturated carbocycles. The van der Waals surface area contributed by atoms with E-state index in [4.69, 9.17) is 14.2 Å². The zero-order valence-electron chi connectivity index (χ0n) is 12.7. The summed E-state index contributed by atoms with van der Waals surface area (Å²) in [6, 6.07) is 5.15. The average molecular weight is 317 g/mol. The second-order valence-electron chi connectivity index (χ2n) is 5.54. The topological polar surface area (TPSA) is 73.9 Å². The minimum atomic E-state index is -0.378. The van der Waals surface area contributed by atoms with Gasteiger partial charge < -0.3 is 19.5 Å². The van der Waals surface area contributed by atoms with Crippen molar-refractivity contribution in [3.63, 3.8) is 0 Å². The summed E-state index contributed by atoms with van der Waals surface area (Å²) in [5, 5.41) is 2.68. The third-order valence-corrected chi connectivity index (χ3v) is 3.73. The van der Waals surface area contributed by atoms with Gasteiger partial charge in [-0.1, -0.05) is 12.2 Å². The molecular weight excluding hydrogens is 298 g/mol. The van der Waals surface area contributed by atoms with E-state index in [1.807, 2.05) is 6.08 Å². The Morgan fingerprint density at radius 2 is 2.04 bits per heavy atom. The number of benzene rings is 1. The third-order valence-electron chi connectivity index (χ3n) is 3.73. The number of rotatable bonds is 5. The van der Waals surface area contributed by atoms with Gasteiger partial charge in [0.2, 0.25) is 0 Å². The lowest BCUT2D eigenvalue weighted by atomic mass is 10.1. The standard InChI is InChI=1S/C17H19NO5/c19-16(11-23-17(20)9-12-3-1-2-4-12)18-13-5-6-14-15(10-13)22-8-7-21-14/h1,3,5-6,10,12H,2,4,7-9,11H2,(H,18,19)/t12-/m1/s1. The quantitative estimate of drug-likeness (QED) is 0.666. The van der Waals surface area contributed by atoms with Gasteiger partial charge in [-0.25, -0.2) is 0 Å². The van der Waals surface area contributed by atoms with Crippen LogP contribution in [0, 0.1) is 5.92 Å². The maximum atomic E-state index is 11.8. The number of carbonyl (C=O) groups is 2. The van der Waals surface area contributed by atoms with Crippen LogP contribution in [0.15, 0.2) is 30.4 Å². The monoisotopic (exact) mass is 317 g/mol. The van der Waals surface area contributed by atoms with Gasteiger partial charge in [-0.15, -0.1) is 0 Å². The van der Waals surface area contributed by atoms with E-state index in [9.17, 15) is 9.59 Å². The van der Waals surface area contributed by atoms with Gasteiger partial charge >= 0.3 is 5.97 Å². The molecule has 1 aliphatic heterocycles. The van der Waals surface area contributed by atoms with Crippen LogP contribution in [0.25, 0.3) is 0 Å². The molecule has 0 spiro atoms. The molecule has 23 heavy (non-hydrogen) atoms. The number of hydrogen-bond acceptors (Lipinski definition) is 5. The van der Waals surface area contributed by atoms with Crippen molar-refractivity contribution in [3.8, 4) is 11.5 Å². The zero-order valence-corrected chi connectivity index (χ0v) is 12.7. The number of carbonyl (C=O) groups excluding carboxylic acids is 2. The van der Waals surface area contributed by atoms with Gasteiger partial charge in [-0.05, 0) is 30.9 Å². The van der Waals surface area contributed by atoms with Crippen molar-refractivity contribution in [3.05, 3.63) is 30.4 Å². The Hall–Kier alpha value is -2.50. The van der Waals surface area contributed by atoms with Crippen LogP contribution in [0.5, 0.6) is 11.5 Å². The van der Waals surface area contributed by atoms with Crippen LogP contribution in [0.3, 0.4) is 0 Å². The Kier molecular flexibility index (Phi) is 4.80. The molecule has 1 atom stereocenters. The summed E-state index contributed by atoms with van der Waals surface area (Å²) in [4.78, 5) is 23.5. The predicted octanol–water partition coefficient (Wildman–Crippen LogP) is 2.30. The van der Waals surface area contributed by atoms with E-state index in [0.717, 1.165) is 12.8 Å². The van der Waals surface area contributed by atoms with E-state index in [1.165, 1.54) is 0 Å². The largest absolute Gasteiger partial charge is 0.486 e. The number of amides is 1. The summed E-state index contributed by atoms with van der Waals surface area (Å²) in [5.41, 5.74) is 0.578. The van der Waals surface area contributed by atoms with Gasteiger partial charge in [0.15, 0.2) is 18.1 Å². The minimum Gasteiger partial charge on any atom is -0.486 e. The fourth-order valence-corrected chi connectivity index (χ4v) is 2.60. The maximum Gasteiger partial charge on any atom is 0.306 e. The van der Waals surface area contributed by atoms with Gasteiger partial charge in [0.1, 0.15) is 13.2 Å². The number of anilines is 1. The normalized spacial score (nSPS) is 18.5. The molecule has 6 heteroatoms. The van der Waals surface area contributed by atoms with Crippen molar-refractivity contribution in [1.29, 1.82) is 0 Å². The van der Waals surface area contributed by atoms with Crippen molar-refractivity contribution in [2.45, 2.75) is 19.3 Å². The fourth-order valence-electron chi connectivity index (χ4n) is 2.60. The molecule has 1 N–H and O–H groups in total. The number of nitrogens with one attached hydrogen (secondary N) is 1. The number of ether oxygens (including phenoxy) is 3. The fraction of sp³-hybridized carbons (Fsp3) is 0.412. The molecule has 0 fully saturated rings. The second-order valence-corrected chi connectivity index (χ2v) is 5.54. The Morgan fingerprint density at radius 1 is 1.22 bits per heavy atom. The molecule has 1 aromatic rings. The van der Waals surface area contributed by atoms with Crippen molar-refractivity contribution < 1.29 is 23.8 Å². The first-order chi connectivity index (χ1) is 11.2. The first-order valence-electron chi connectivity index (χ1n) is 7.72. The Bertz CT molecular complexity index is 625. The number of hydrogen-bond donors (Lipinski definition) is 1. The van der Waals surface area contributed by atoms with E-state index >= 15 is 0 Å². The molecule has 1 heterocycles. The van der Waals surface area contributed by atoms with Crippen LogP contribution in [0.1, 0.15) is 19.3 Å². The van der Waals surface area contributed by atoms with Crippen LogP contribution >= 0.6 is 0 Å². The smallest absolute Gasteiger partial charge is 0.306 e. The number of allylic oxidation sites excluding steroid dienone is 2. The van der Waals surface area contributed by atoms with Crippen LogP contribution < -0.4 is 14.8 Å². The van der Waals surface area contributed by atoms with Gasteiger partial charge in [0.05, 0.1) is 6.42 Å². The molecule has 1 aliphatic carbocycles. The van der Waals surface area contributed by atoms with Crippen molar-refractivity contribution in [2.75, 3.05) is 25.1 Å². The minimum absolute atomic E-state index is 0.239. The van der Waals surface area contributed by atoms with Crippen molar-refractivity contribution in [1.82, 2.24) is 0 Å². The molecule has 0 aromatic heterocycles. The van der Waals surface area contributed by atoms with Crippen LogP contribution in [0.4, 0.5) is 5.69 Å². The summed E-state index contributed by atoms with van der Waals surface area (Å²) >= 11 is 0. The van der Waals surface area contributed by atoms with Crippen LogP contribution in [-0.4, -0.2) is 31.7 Å². The van der Waals surface area contributed by atoms with Gasteiger partial charge in [-0.2, -0.15) is 0 Å². The highest BCUT2D eigenvalue weighted by molar-refractivity contribution is 5.93. The van der Waals surface area contributed by atoms with Crippen LogP contribution in [-0.2, 0) is 14.3 Å². The lowest BCUT2D eigenvalue weighted by Crippen LogP contribution is -2.22. The number of esters is 1. The lowest BCUT2D eigenvalue weighted by Gasteiger charge is -2.19. The highest BCUT2D eigenvalue weighted by Crippen LogP contribution is 2.32. The van der Waals surface area contributed by atoms with Gasteiger partial charge in [0, 0.05) is 11.8 Å². The first-order valence-corrected chi connectivity index (χ1v) is 7.72. The lowest BCUT2D eigenvalue weighted by molar-refractivity contribution is -0.147. The molecule has 6 nitrogen and oxygen atoms in total. The van der Waals surface area contributed by atoms with E-state index in [1.54, 1.807) is 18.2 Å². The first kappa shape index (κ1) is 15.4. The summed E-state index contributed by atoms with van der Waals surface area (Å²) in [6.45, 7) is 0.714. The maximum absolute atomic E-state index is 11.8. The number of fused-ring (bicyclic) bond motifs is 1. The Balaban J connectivity index is 1.45. The molecule has 0 bridgehead atoms. The van der Waals surface area contributed by atoms with Gasteiger partial charge in [-0.3, -0.25) is 9.59 Å². The van der Waals surface area contributed by atoms with E-state index in [0.29, 0.717) is 36.8 Å². The Morgan fingerprint density at radius 3 is 2.83 bits per heavy atom. The summed E-state index contributed by atoms with van der Waals surface area (Å²) < 4.78 is 15.9. The molecule has 1 amide bonds. The molecule has 0 unspecified atom stereocenters. The van der Waals surface area contributed by atoms with Crippen molar-refractivity contribution in [2.24, 2.45) is 5.92 Å². The Labute approximate surface area is 134 Å². The molecule has 0 radical (unpaired) electrons. The molecule has 1 aromatic carbocycles. The highest BCUT2D eigenvalue weighted by atomic mass is 16.6. The molecule has 2 aliphatic rings. The van der Waals surface area contributed by atoms with E-state index in [-0.39, 0.29) is 24.4 Å². The van der Waals surface area contributed by atoms with E-state index in [2.05, 4.69) is 11.4 Å². The molecular formula is C17H19NO5. The second kappa shape index (κ2) is 7.17. The highest BCUT2D eigenvalue weighted by Gasteiger charge is 2.17. The predicted molar refractivity (Wildman–Crippen MR) is 83.5 cm³/mol. The SMILES string of the molecule is O=C(COC(=O)C[C@@H]1C=CCC1)Nc1ccc2c(c1)OCCO2. The average Bonchev–Trinajstić information content (AvgIpc) is 3.06. The van der Waals surface area contributed by atoms with Crippen LogP contribution in [0.2, 0.25) is 0 Å². The van der Waals surface area contributed by atoms with Crippen molar-refractivity contribution >= 4 is 17.6 Å². The summed E-state index contributed by atoms with van der Waals surface area (Å²) in [5.74, 6) is 0.767. The molecule has 3 rings (SSSR count). The molecule has 122 valence electrons.